The lowest BCUT2D eigenvalue weighted by Crippen LogP contribution is -3.10. The van der Waals surface area contributed by atoms with Crippen LogP contribution in [0.1, 0.15) is 17.0 Å². The van der Waals surface area contributed by atoms with Gasteiger partial charge in [-0.05, 0) is 19.1 Å². The van der Waals surface area contributed by atoms with E-state index in [1.807, 2.05) is 18.2 Å². The monoisotopic (exact) mass is 338 g/mol. The van der Waals surface area contributed by atoms with E-state index >= 15 is 0 Å². The molecule has 3 rings (SSSR count). The van der Waals surface area contributed by atoms with Gasteiger partial charge >= 0.3 is 0 Å². The van der Waals surface area contributed by atoms with E-state index in [2.05, 4.69) is 41.2 Å². The number of benzene rings is 2. The molecule has 0 saturated heterocycles. The van der Waals surface area contributed by atoms with Gasteiger partial charge in [0.25, 0.3) is 5.56 Å². The third-order valence-corrected chi connectivity index (χ3v) is 4.31. The molecule has 0 fully saturated rings. The zero-order chi connectivity index (χ0) is 17.6. The van der Waals surface area contributed by atoms with E-state index in [4.69, 9.17) is 4.74 Å². The number of nitrogens with zero attached hydrogens (tertiary/aromatic N) is 1. The van der Waals surface area contributed by atoms with Crippen molar-refractivity contribution in [2.24, 2.45) is 0 Å². The van der Waals surface area contributed by atoms with Crippen LogP contribution in [0.25, 0.3) is 10.9 Å². The summed E-state index contributed by atoms with van der Waals surface area (Å²) in [5.41, 5.74) is 3.17. The standard InChI is InChI=1S/C20H23N3O2/c1-15-7-9-16(10-8-15)13-23(11-12-25-2)14-19-21-18-6-4-3-5-17(18)20(24)22-19/h3-10H,11-14H2,1-2H3,(H,21,22,24)/p+1. The molecule has 2 N–H and O–H groups in total. The number of para-hydroxylation sites is 1. The third kappa shape index (κ3) is 4.53. The van der Waals surface area contributed by atoms with E-state index in [0.29, 0.717) is 24.4 Å². The predicted molar refractivity (Wildman–Crippen MR) is 98.7 cm³/mol. The van der Waals surface area contributed by atoms with Crippen LogP contribution in [0.15, 0.2) is 53.3 Å². The molecule has 0 aliphatic rings. The number of ether oxygens (including phenoxy) is 1. The minimum Gasteiger partial charge on any atom is -0.379 e. The molecule has 0 aliphatic heterocycles. The van der Waals surface area contributed by atoms with Crippen LogP contribution in [0.3, 0.4) is 0 Å². The van der Waals surface area contributed by atoms with Crippen molar-refractivity contribution >= 4 is 10.9 Å². The van der Waals surface area contributed by atoms with Gasteiger partial charge in [0.2, 0.25) is 0 Å². The highest BCUT2D eigenvalue weighted by Gasteiger charge is 2.13. The maximum atomic E-state index is 12.3. The van der Waals surface area contributed by atoms with Gasteiger partial charge in [-0.15, -0.1) is 0 Å². The Bertz CT molecular complexity index is 887. The molecule has 0 bridgehead atoms. The fourth-order valence-electron chi connectivity index (χ4n) is 2.94. The molecule has 1 unspecified atom stereocenters. The summed E-state index contributed by atoms with van der Waals surface area (Å²) < 4.78 is 5.25. The Hall–Kier alpha value is -2.50. The van der Waals surface area contributed by atoms with Crippen LogP contribution in [-0.2, 0) is 17.8 Å². The SMILES string of the molecule is COCC[NH+](Cc1ccc(C)cc1)Cc1nc2ccccc2c(=O)[nH]1. The molecule has 0 saturated carbocycles. The molecule has 1 aromatic heterocycles. The maximum absolute atomic E-state index is 12.3. The van der Waals surface area contributed by atoms with Crippen molar-refractivity contribution < 1.29 is 9.64 Å². The average molecular weight is 338 g/mol. The van der Waals surface area contributed by atoms with Crippen molar-refractivity contribution in [3.8, 4) is 0 Å². The van der Waals surface area contributed by atoms with Crippen LogP contribution in [0.5, 0.6) is 0 Å². The summed E-state index contributed by atoms with van der Waals surface area (Å²) in [6.45, 7) is 5.11. The van der Waals surface area contributed by atoms with Gasteiger partial charge in [-0.25, -0.2) is 4.98 Å². The second-order valence-corrected chi connectivity index (χ2v) is 6.36. The number of aromatic nitrogens is 2. The first-order valence-electron chi connectivity index (χ1n) is 8.51. The second kappa shape index (κ2) is 8.05. The Balaban J connectivity index is 1.82. The first-order chi connectivity index (χ1) is 12.2. The summed E-state index contributed by atoms with van der Waals surface area (Å²) in [5.74, 6) is 0.710. The van der Waals surface area contributed by atoms with Gasteiger partial charge in [0.1, 0.15) is 19.6 Å². The van der Waals surface area contributed by atoms with Crippen molar-refractivity contribution in [1.82, 2.24) is 9.97 Å². The van der Waals surface area contributed by atoms with Gasteiger partial charge < -0.3 is 14.6 Å². The molecular weight excluding hydrogens is 314 g/mol. The lowest BCUT2D eigenvalue weighted by molar-refractivity contribution is -0.928. The van der Waals surface area contributed by atoms with E-state index in [1.165, 1.54) is 16.0 Å². The number of H-pyrrole nitrogens is 1. The minimum absolute atomic E-state index is 0.0815. The number of rotatable bonds is 7. The van der Waals surface area contributed by atoms with Gasteiger partial charge in [-0.3, -0.25) is 4.79 Å². The Labute approximate surface area is 147 Å². The van der Waals surface area contributed by atoms with E-state index in [0.717, 1.165) is 18.6 Å². The number of hydrogen-bond acceptors (Lipinski definition) is 3. The normalized spacial score (nSPS) is 12.4. The average Bonchev–Trinajstić information content (AvgIpc) is 2.61. The molecule has 0 spiro atoms. The fourth-order valence-corrected chi connectivity index (χ4v) is 2.94. The number of aromatic amines is 1. The molecule has 1 atom stereocenters. The Morgan fingerprint density at radius 1 is 1.08 bits per heavy atom. The quantitative estimate of drug-likeness (QED) is 0.686. The Kier molecular flexibility index (Phi) is 5.58. The molecule has 3 aromatic rings. The Morgan fingerprint density at radius 2 is 1.84 bits per heavy atom. The Morgan fingerprint density at radius 3 is 2.60 bits per heavy atom. The van der Waals surface area contributed by atoms with Gasteiger partial charge in [-0.1, -0.05) is 42.0 Å². The maximum Gasteiger partial charge on any atom is 0.258 e. The number of fused-ring (bicyclic) bond motifs is 1. The molecule has 5 nitrogen and oxygen atoms in total. The largest absolute Gasteiger partial charge is 0.379 e. The van der Waals surface area contributed by atoms with E-state index in [9.17, 15) is 4.79 Å². The lowest BCUT2D eigenvalue weighted by Gasteiger charge is -2.19. The van der Waals surface area contributed by atoms with Gasteiger partial charge in [0.05, 0.1) is 17.5 Å². The molecule has 2 aromatic carbocycles. The molecular formula is C20H24N3O2+. The zero-order valence-electron chi connectivity index (χ0n) is 14.7. The second-order valence-electron chi connectivity index (χ2n) is 6.36. The minimum atomic E-state index is -0.0815. The van der Waals surface area contributed by atoms with Gasteiger partial charge in [-0.2, -0.15) is 0 Å². The number of quaternary nitrogens is 1. The number of aryl methyl sites for hydroxylation is 1. The summed E-state index contributed by atoms with van der Waals surface area (Å²) in [6, 6.07) is 16.0. The summed E-state index contributed by atoms with van der Waals surface area (Å²) >= 11 is 0. The molecule has 25 heavy (non-hydrogen) atoms. The number of nitrogens with one attached hydrogen (secondary N) is 2. The zero-order valence-corrected chi connectivity index (χ0v) is 14.7. The topological polar surface area (TPSA) is 59.4 Å². The highest BCUT2D eigenvalue weighted by molar-refractivity contribution is 5.77. The van der Waals surface area contributed by atoms with Crippen LogP contribution in [0, 0.1) is 6.92 Å². The van der Waals surface area contributed by atoms with E-state index in [-0.39, 0.29) is 5.56 Å². The summed E-state index contributed by atoms with van der Waals surface area (Å²) in [5, 5.41) is 0.628. The lowest BCUT2D eigenvalue weighted by atomic mass is 10.1. The smallest absolute Gasteiger partial charge is 0.258 e. The van der Waals surface area contributed by atoms with Crippen molar-refractivity contribution in [1.29, 1.82) is 0 Å². The van der Waals surface area contributed by atoms with Crippen LogP contribution in [-0.4, -0.2) is 30.2 Å². The number of hydrogen-bond donors (Lipinski definition) is 2. The molecule has 0 radical (unpaired) electrons. The number of methoxy groups -OCH3 is 1. The van der Waals surface area contributed by atoms with Crippen LogP contribution in [0.4, 0.5) is 0 Å². The first kappa shape index (κ1) is 17.3. The summed E-state index contributed by atoms with van der Waals surface area (Å²) in [4.78, 5) is 21.1. The highest BCUT2D eigenvalue weighted by Crippen LogP contribution is 2.05. The summed E-state index contributed by atoms with van der Waals surface area (Å²) in [7, 11) is 1.71. The fraction of sp³-hybridized carbons (Fsp3) is 0.300. The highest BCUT2D eigenvalue weighted by atomic mass is 16.5. The molecule has 5 heteroatoms. The van der Waals surface area contributed by atoms with Crippen LogP contribution >= 0.6 is 0 Å². The van der Waals surface area contributed by atoms with Crippen molar-refractivity contribution in [3.05, 3.63) is 75.8 Å². The molecule has 130 valence electrons. The summed E-state index contributed by atoms with van der Waals surface area (Å²) in [6.07, 6.45) is 0. The van der Waals surface area contributed by atoms with E-state index in [1.54, 1.807) is 13.2 Å². The van der Waals surface area contributed by atoms with Crippen molar-refractivity contribution in [2.45, 2.75) is 20.0 Å². The molecule has 0 amide bonds. The molecule has 1 heterocycles. The predicted octanol–water partition coefficient (Wildman–Crippen LogP) is 1.46. The van der Waals surface area contributed by atoms with E-state index < -0.39 is 0 Å². The third-order valence-electron chi connectivity index (χ3n) is 4.31. The van der Waals surface area contributed by atoms with Crippen molar-refractivity contribution in [3.63, 3.8) is 0 Å². The first-order valence-corrected chi connectivity index (χ1v) is 8.51. The van der Waals surface area contributed by atoms with Crippen molar-refractivity contribution in [2.75, 3.05) is 20.3 Å². The van der Waals surface area contributed by atoms with Gasteiger partial charge in [0, 0.05) is 12.7 Å². The van der Waals surface area contributed by atoms with Crippen LogP contribution in [0.2, 0.25) is 0 Å². The van der Waals surface area contributed by atoms with Crippen LogP contribution < -0.4 is 10.5 Å². The molecule has 0 aliphatic carbocycles. The van der Waals surface area contributed by atoms with Gasteiger partial charge in [0.15, 0.2) is 5.82 Å².